The molecule has 6 N–H and O–H groups in total. The highest BCUT2D eigenvalue weighted by Crippen LogP contribution is 2.35. The van der Waals surface area contributed by atoms with Crippen LogP contribution in [0.15, 0.2) is 47.5 Å². The largest absolute Gasteiger partial charge is 0.493 e. The fourth-order valence-electron chi connectivity index (χ4n) is 2.21. The lowest BCUT2D eigenvalue weighted by Crippen LogP contribution is -2.06. The Kier molecular flexibility index (Phi) is 6.22. The van der Waals surface area contributed by atoms with Crippen LogP contribution in [-0.4, -0.2) is 21.3 Å². The summed E-state index contributed by atoms with van der Waals surface area (Å²) < 4.78 is 13.6. The van der Waals surface area contributed by atoms with Gasteiger partial charge in [0, 0.05) is 34.1 Å². The van der Waals surface area contributed by atoms with Crippen molar-refractivity contribution in [3.63, 3.8) is 0 Å². The number of nitrogens with one attached hydrogen (secondary N) is 2. The maximum Gasteiger partial charge on any atom is 0.162 e. The molecule has 0 heterocycles. The lowest BCUT2D eigenvalue weighted by atomic mass is 10.1. The van der Waals surface area contributed by atoms with Crippen LogP contribution in [0.5, 0.6) is 11.5 Å². The number of anilines is 2. The summed E-state index contributed by atoms with van der Waals surface area (Å²) in [7, 11) is 5.03. The highest BCUT2D eigenvalue weighted by atomic mass is 32.2. The van der Waals surface area contributed by atoms with E-state index in [-0.39, 0.29) is 0 Å². The molecule has 0 spiro atoms. The molecule has 0 saturated carbocycles. The van der Waals surface area contributed by atoms with Gasteiger partial charge >= 0.3 is 0 Å². The minimum atomic E-state index is 0.541. The molecule has 0 bridgehead atoms. The molecule has 2 rings (SSSR count). The van der Waals surface area contributed by atoms with Crippen LogP contribution < -0.4 is 31.0 Å². The van der Waals surface area contributed by atoms with Crippen molar-refractivity contribution in [2.75, 3.05) is 32.3 Å². The van der Waals surface area contributed by atoms with Crippen molar-refractivity contribution < 1.29 is 9.47 Å². The standard InChI is InChI=1S/C17H22N4O2S/c1-20-24-12-6-4-11(5-7-12)21-15(10-18)13-8-16(22-2)17(23-3)9-14(13)19/h4-10,20-21H,18-19H2,1-3H3/b15-10+. The summed E-state index contributed by atoms with van der Waals surface area (Å²) in [6, 6.07) is 11.5. The van der Waals surface area contributed by atoms with Crippen LogP contribution >= 0.6 is 11.9 Å². The summed E-state index contributed by atoms with van der Waals surface area (Å²) in [6.45, 7) is 0. The summed E-state index contributed by atoms with van der Waals surface area (Å²) in [5, 5.41) is 3.27. The normalized spacial score (nSPS) is 11.2. The first-order valence-corrected chi connectivity index (χ1v) is 8.09. The van der Waals surface area contributed by atoms with Gasteiger partial charge < -0.3 is 26.3 Å². The molecular formula is C17H22N4O2S. The van der Waals surface area contributed by atoms with E-state index >= 15 is 0 Å². The summed E-state index contributed by atoms with van der Waals surface area (Å²) in [4.78, 5) is 1.12. The third-order valence-electron chi connectivity index (χ3n) is 3.37. The molecule has 7 heteroatoms. The van der Waals surface area contributed by atoms with Crippen LogP contribution in [0, 0.1) is 0 Å². The second-order valence-electron chi connectivity index (χ2n) is 4.83. The first-order valence-electron chi connectivity index (χ1n) is 7.27. The van der Waals surface area contributed by atoms with Gasteiger partial charge in [0.2, 0.25) is 0 Å². The van der Waals surface area contributed by atoms with Crippen molar-refractivity contribution in [2.24, 2.45) is 5.73 Å². The zero-order valence-electron chi connectivity index (χ0n) is 13.9. The minimum Gasteiger partial charge on any atom is -0.493 e. The molecule has 2 aromatic rings. The zero-order valence-corrected chi connectivity index (χ0v) is 14.7. The first-order chi connectivity index (χ1) is 11.6. The number of rotatable bonds is 7. The molecular weight excluding hydrogens is 324 g/mol. The number of methoxy groups -OCH3 is 2. The highest BCUT2D eigenvalue weighted by Gasteiger charge is 2.13. The van der Waals surface area contributed by atoms with Gasteiger partial charge in [-0.15, -0.1) is 0 Å². The zero-order chi connectivity index (χ0) is 17.5. The highest BCUT2D eigenvalue weighted by molar-refractivity contribution is 7.97. The minimum absolute atomic E-state index is 0.541. The van der Waals surface area contributed by atoms with Gasteiger partial charge in [-0.2, -0.15) is 0 Å². The molecule has 2 aromatic carbocycles. The Morgan fingerprint density at radius 2 is 1.71 bits per heavy atom. The summed E-state index contributed by atoms with van der Waals surface area (Å²) in [6.07, 6.45) is 1.48. The topological polar surface area (TPSA) is 94.6 Å². The molecule has 0 aliphatic heterocycles. The Balaban J connectivity index is 2.28. The average Bonchev–Trinajstić information content (AvgIpc) is 2.61. The van der Waals surface area contributed by atoms with Gasteiger partial charge in [-0.05, 0) is 49.3 Å². The van der Waals surface area contributed by atoms with E-state index in [2.05, 4.69) is 10.0 Å². The molecule has 24 heavy (non-hydrogen) atoms. The van der Waals surface area contributed by atoms with E-state index in [9.17, 15) is 0 Å². The number of benzene rings is 2. The lowest BCUT2D eigenvalue weighted by molar-refractivity contribution is 0.355. The third kappa shape index (κ3) is 4.06. The molecule has 0 aliphatic carbocycles. The average molecular weight is 346 g/mol. The Morgan fingerprint density at radius 1 is 1.08 bits per heavy atom. The lowest BCUT2D eigenvalue weighted by Gasteiger charge is -2.16. The van der Waals surface area contributed by atoms with E-state index in [4.69, 9.17) is 20.9 Å². The van der Waals surface area contributed by atoms with Crippen LogP contribution in [0.3, 0.4) is 0 Å². The second kappa shape index (κ2) is 8.37. The van der Waals surface area contributed by atoms with Gasteiger partial charge in [-0.1, -0.05) is 0 Å². The monoisotopic (exact) mass is 346 g/mol. The van der Waals surface area contributed by atoms with Crippen LogP contribution in [0.4, 0.5) is 11.4 Å². The fourth-order valence-corrected chi connectivity index (χ4v) is 2.71. The molecule has 0 amide bonds. The summed E-state index contributed by atoms with van der Waals surface area (Å²) >= 11 is 1.55. The summed E-state index contributed by atoms with van der Waals surface area (Å²) in [5.74, 6) is 1.16. The number of nitrogens with two attached hydrogens (primary N) is 2. The van der Waals surface area contributed by atoms with Crippen molar-refractivity contribution in [1.82, 2.24) is 4.72 Å². The predicted octanol–water partition coefficient (Wildman–Crippen LogP) is 2.88. The van der Waals surface area contributed by atoms with Crippen LogP contribution in [-0.2, 0) is 0 Å². The number of nitrogen functional groups attached to an aromatic ring is 1. The van der Waals surface area contributed by atoms with E-state index in [0.29, 0.717) is 22.9 Å². The van der Waals surface area contributed by atoms with E-state index in [1.165, 1.54) is 6.20 Å². The Bertz CT molecular complexity index is 717. The molecule has 0 fully saturated rings. The van der Waals surface area contributed by atoms with Crippen LogP contribution in [0.1, 0.15) is 5.56 Å². The smallest absolute Gasteiger partial charge is 0.162 e. The van der Waals surface area contributed by atoms with E-state index in [1.54, 1.807) is 38.3 Å². The van der Waals surface area contributed by atoms with E-state index in [1.807, 2.05) is 31.3 Å². The predicted molar refractivity (Wildman–Crippen MR) is 101 cm³/mol. The number of ether oxygens (including phenoxy) is 2. The molecule has 0 aliphatic rings. The second-order valence-corrected chi connectivity index (χ2v) is 5.91. The molecule has 6 nitrogen and oxygen atoms in total. The first kappa shape index (κ1) is 17.8. The Morgan fingerprint density at radius 3 is 2.25 bits per heavy atom. The molecule has 0 saturated heterocycles. The maximum absolute atomic E-state index is 6.13. The fraction of sp³-hybridized carbons (Fsp3) is 0.176. The molecule has 0 atom stereocenters. The molecule has 0 radical (unpaired) electrons. The maximum atomic E-state index is 6.13. The van der Waals surface area contributed by atoms with E-state index < -0.39 is 0 Å². The molecule has 0 aromatic heterocycles. The molecule has 128 valence electrons. The van der Waals surface area contributed by atoms with Crippen molar-refractivity contribution in [2.45, 2.75) is 4.90 Å². The van der Waals surface area contributed by atoms with Crippen LogP contribution in [0.25, 0.3) is 5.70 Å². The van der Waals surface area contributed by atoms with Gasteiger partial charge in [0.25, 0.3) is 0 Å². The van der Waals surface area contributed by atoms with Gasteiger partial charge in [0.05, 0.1) is 19.9 Å². The SMILES string of the molecule is CNSc1ccc(N/C(=C/N)c2cc(OC)c(OC)cc2N)cc1. The van der Waals surface area contributed by atoms with Gasteiger partial charge in [-0.25, -0.2) is 0 Å². The van der Waals surface area contributed by atoms with Crippen molar-refractivity contribution in [3.05, 3.63) is 48.2 Å². The van der Waals surface area contributed by atoms with Crippen molar-refractivity contribution >= 4 is 29.0 Å². The van der Waals surface area contributed by atoms with Crippen LogP contribution in [0.2, 0.25) is 0 Å². The van der Waals surface area contributed by atoms with E-state index in [0.717, 1.165) is 16.1 Å². The van der Waals surface area contributed by atoms with Gasteiger partial charge in [0.1, 0.15) is 0 Å². The van der Waals surface area contributed by atoms with Gasteiger partial charge in [-0.3, -0.25) is 4.72 Å². The molecule has 0 unspecified atom stereocenters. The quantitative estimate of drug-likeness (QED) is 0.452. The van der Waals surface area contributed by atoms with Crippen molar-refractivity contribution in [3.8, 4) is 11.5 Å². The van der Waals surface area contributed by atoms with Gasteiger partial charge in [0.15, 0.2) is 11.5 Å². The Hall–Kier alpha value is -2.51. The number of hydrogen-bond donors (Lipinski definition) is 4. The third-order valence-corrected chi connectivity index (χ3v) is 4.08. The van der Waals surface area contributed by atoms with Crippen molar-refractivity contribution in [1.29, 1.82) is 0 Å². The Labute approximate surface area is 146 Å². The summed E-state index contributed by atoms with van der Waals surface area (Å²) in [5.41, 5.74) is 14.8. The number of hydrogen-bond acceptors (Lipinski definition) is 7.